The van der Waals surface area contributed by atoms with Crippen LogP contribution in [0.15, 0.2) is 22.0 Å². The van der Waals surface area contributed by atoms with Crippen LogP contribution in [0.2, 0.25) is 0 Å². The summed E-state index contributed by atoms with van der Waals surface area (Å²) in [6, 6.07) is 0. The Balaban J connectivity index is 2.15. The van der Waals surface area contributed by atoms with E-state index < -0.39 is 42.4 Å². The van der Waals surface area contributed by atoms with E-state index in [9.17, 15) is 19.8 Å². The van der Waals surface area contributed by atoms with Crippen molar-refractivity contribution in [3.8, 4) is 0 Å². The number of aromatic nitrogens is 4. The number of aromatic amines is 1. The fourth-order valence-electron chi connectivity index (χ4n) is 2.60. The van der Waals surface area contributed by atoms with Gasteiger partial charge in [-0.3, -0.25) is 14.3 Å². The second-order valence-corrected chi connectivity index (χ2v) is 5.17. The minimum absolute atomic E-state index is 0.0135. The van der Waals surface area contributed by atoms with E-state index in [4.69, 9.17) is 9.84 Å². The van der Waals surface area contributed by atoms with Crippen molar-refractivity contribution in [2.75, 3.05) is 6.61 Å². The summed E-state index contributed by atoms with van der Waals surface area (Å²) in [7, 11) is 0. The molecular formula is C13H16N4O6. The first kappa shape index (κ1) is 15.6. The highest BCUT2D eigenvalue weighted by Gasteiger charge is 2.44. The molecule has 0 amide bonds. The number of hydrogen-bond donors (Lipinski definition) is 4. The highest BCUT2D eigenvalue weighted by molar-refractivity contribution is 5.69. The minimum atomic E-state index is -1.34. The number of nitrogens with zero attached hydrogens (tertiary/aromatic N) is 3. The van der Waals surface area contributed by atoms with E-state index in [-0.39, 0.29) is 11.2 Å². The maximum atomic E-state index is 12.3. The molecule has 4 N–H and O–H groups in total. The first-order chi connectivity index (χ1) is 11.0. The first-order valence-electron chi connectivity index (χ1n) is 6.96. The average Bonchev–Trinajstić information content (AvgIpc) is 3.06. The van der Waals surface area contributed by atoms with Gasteiger partial charge in [0.1, 0.15) is 24.0 Å². The predicted octanol–water partition coefficient (Wildman–Crippen LogP) is -2.01. The lowest BCUT2D eigenvalue weighted by atomic mass is 10.1. The maximum absolute atomic E-state index is 12.3. The van der Waals surface area contributed by atoms with E-state index in [1.807, 2.05) is 0 Å². The van der Waals surface area contributed by atoms with E-state index >= 15 is 0 Å². The largest absolute Gasteiger partial charge is 0.394 e. The number of aliphatic hydroxyl groups is 3. The Kier molecular flexibility index (Phi) is 3.90. The molecule has 4 atom stereocenters. The number of rotatable bonds is 3. The van der Waals surface area contributed by atoms with Gasteiger partial charge in [0.15, 0.2) is 11.7 Å². The van der Waals surface area contributed by atoms with Crippen LogP contribution in [0.1, 0.15) is 13.2 Å². The Labute approximate surface area is 128 Å². The Bertz CT molecular complexity index is 865. The van der Waals surface area contributed by atoms with Crippen LogP contribution in [0.25, 0.3) is 17.4 Å². The predicted molar refractivity (Wildman–Crippen MR) is 78.6 cm³/mol. The molecule has 3 rings (SSSR count). The molecule has 10 heteroatoms. The molecule has 2 aromatic heterocycles. The molecule has 3 heterocycles. The average molecular weight is 324 g/mol. The molecule has 1 aliphatic rings. The Hall–Kier alpha value is -2.27. The molecule has 0 bridgehead atoms. The van der Waals surface area contributed by atoms with Crippen LogP contribution in [0.4, 0.5) is 0 Å². The van der Waals surface area contributed by atoms with Crippen LogP contribution in [-0.4, -0.2) is 59.3 Å². The summed E-state index contributed by atoms with van der Waals surface area (Å²) in [5, 5.41) is 29.0. The van der Waals surface area contributed by atoms with Gasteiger partial charge in [0.25, 0.3) is 5.56 Å². The standard InChI is InChI=1S/C13H16N4O6/c1-2-3-16-11(21)7-10(15-13(16)22)17(5-14-7)12-9(20)8(19)6(4-18)23-12/h2-3,5-6,8-9,12,18-20H,4H2,1H3,(H,15,22)/b3-2-/t6-,8-,9-,12-/m1/s1. The number of hydrogen-bond acceptors (Lipinski definition) is 7. The number of nitrogens with one attached hydrogen (secondary N) is 1. The fraction of sp³-hybridized carbons (Fsp3) is 0.462. The van der Waals surface area contributed by atoms with Gasteiger partial charge in [0, 0.05) is 6.20 Å². The number of H-pyrrole nitrogens is 1. The van der Waals surface area contributed by atoms with Gasteiger partial charge in [0.05, 0.1) is 12.9 Å². The van der Waals surface area contributed by atoms with Crippen molar-refractivity contribution in [2.45, 2.75) is 31.5 Å². The zero-order chi connectivity index (χ0) is 16.7. The molecule has 1 fully saturated rings. The zero-order valence-electron chi connectivity index (χ0n) is 12.2. The number of ether oxygens (including phenoxy) is 1. The number of allylic oxidation sites excluding steroid dienone is 1. The Morgan fingerprint density at radius 3 is 2.74 bits per heavy atom. The molecule has 2 aromatic rings. The molecule has 0 spiro atoms. The van der Waals surface area contributed by atoms with Crippen molar-refractivity contribution in [2.24, 2.45) is 0 Å². The molecule has 23 heavy (non-hydrogen) atoms. The summed E-state index contributed by atoms with van der Waals surface area (Å²) >= 11 is 0. The van der Waals surface area contributed by atoms with Crippen LogP contribution >= 0.6 is 0 Å². The monoisotopic (exact) mass is 324 g/mol. The summed E-state index contributed by atoms with van der Waals surface area (Å²) < 4.78 is 7.50. The number of imidazole rings is 1. The van der Waals surface area contributed by atoms with Crippen LogP contribution < -0.4 is 11.2 Å². The van der Waals surface area contributed by atoms with Crippen LogP contribution in [-0.2, 0) is 4.74 Å². The van der Waals surface area contributed by atoms with Gasteiger partial charge in [-0.2, -0.15) is 0 Å². The summed E-state index contributed by atoms with van der Waals surface area (Å²) in [4.78, 5) is 30.7. The van der Waals surface area contributed by atoms with Gasteiger partial charge in [-0.1, -0.05) is 6.08 Å². The van der Waals surface area contributed by atoms with Crippen LogP contribution in [0.3, 0.4) is 0 Å². The quantitative estimate of drug-likeness (QED) is 0.511. The SMILES string of the molecule is C/C=C\n1c(=O)[nH]c2c(ncn2[C@@H]2O[C@H](CO)[C@@H](O)[C@H]2O)c1=O. The number of fused-ring (bicyclic) bond motifs is 1. The van der Waals surface area contributed by atoms with Gasteiger partial charge in [-0.15, -0.1) is 0 Å². The minimum Gasteiger partial charge on any atom is -0.394 e. The van der Waals surface area contributed by atoms with Crippen molar-refractivity contribution < 1.29 is 20.1 Å². The highest BCUT2D eigenvalue weighted by atomic mass is 16.6. The third-order valence-corrected chi connectivity index (χ3v) is 3.75. The van der Waals surface area contributed by atoms with Crippen molar-refractivity contribution in [1.29, 1.82) is 0 Å². The summed E-state index contributed by atoms with van der Waals surface area (Å²) in [5.41, 5.74) is -1.24. The van der Waals surface area contributed by atoms with Gasteiger partial charge < -0.3 is 20.1 Å². The highest BCUT2D eigenvalue weighted by Crippen LogP contribution is 2.30. The molecule has 0 aliphatic carbocycles. The Morgan fingerprint density at radius 2 is 2.13 bits per heavy atom. The van der Waals surface area contributed by atoms with Gasteiger partial charge >= 0.3 is 5.69 Å². The van der Waals surface area contributed by atoms with Gasteiger partial charge in [0.2, 0.25) is 0 Å². The number of aliphatic hydroxyl groups excluding tert-OH is 3. The molecule has 124 valence electrons. The molecule has 0 saturated carbocycles. The lowest BCUT2D eigenvalue weighted by molar-refractivity contribution is -0.0511. The molecule has 1 aliphatic heterocycles. The van der Waals surface area contributed by atoms with Gasteiger partial charge in [-0.25, -0.2) is 14.3 Å². The van der Waals surface area contributed by atoms with Crippen LogP contribution in [0, 0.1) is 0 Å². The molecule has 0 radical (unpaired) electrons. The fourth-order valence-corrected chi connectivity index (χ4v) is 2.60. The third-order valence-electron chi connectivity index (χ3n) is 3.75. The lowest BCUT2D eigenvalue weighted by Crippen LogP contribution is -2.34. The van der Waals surface area contributed by atoms with E-state index in [1.54, 1.807) is 6.92 Å². The van der Waals surface area contributed by atoms with Crippen molar-refractivity contribution in [1.82, 2.24) is 19.1 Å². The second kappa shape index (κ2) is 5.74. The summed E-state index contributed by atoms with van der Waals surface area (Å²) in [5.74, 6) is 0. The lowest BCUT2D eigenvalue weighted by Gasteiger charge is -2.16. The van der Waals surface area contributed by atoms with Crippen LogP contribution in [0.5, 0.6) is 0 Å². The topological polar surface area (TPSA) is 143 Å². The second-order valence-electron chi connectivity index (χ2n) is 5.17. The summed E-state index contributed by atoms with van der Waals surface area (Å²) in [6.45, 7) is 1.18. The molecule has 0 aromatic carbocycles. The van der Waals surface area contributed by atoms with E-state index in [1.165, 1.54) is 23.2 Å². The van der Waals surface area contributed by atoms with Gasteiger partial charge in [-0.05, 0) is 6.92 Å². The van der Waals surface area contributed by atoms with E-state index in [0.717, 1.165) is 4.57 Å². The third kappa shape index (κ3) is 2.32. The molecular weight excluding hydrogens is 308 g/mol. The van der Waals surface area contributed by atoms with Crippen molar-refractivity contribution in [3.05, 3.63) is 33.2 Å². The summed E-state index contributed by atoms with van der Waals surface area (Å²) in [6.07, 6.45) is -0.620. The maximum Gasteiger partial charge on any atom is 0.334 e. The molecule has 0 unspecified atom stereocenters. The van der Waals surface area contributed by atoms with E-state index in [2.05, 4.69) is 9.97 Å². The normalized spacial score (nSPS) is 28.2. The smallest absolute Gasteiger partial charge is 0.334 e. The molecule has 10 nitrogen and oxygen atoms in total. The zero-order valence-corrected chi connectivity index (χ0v) is 12.2. The van der Waals surface area contributed by atoms with E-state index in [0.29, 0.717) is 0 Å². The van der Waals surface area contributed by atoms with Crippen molar-refractivity contribution in [3.63, 3.8) is 0 Å². The van der Waals surface area contributed by atoms with Crippen molar-refractivity contribution >= 4 is 17.4 Å². The Morgan fingerprint density at radius 1 is 1.39 bits per heavy atom. The molecule has 1 saturated heterocycles. The first-order valence-corrected chi connectivity index (χ1v) is 6.96.